The molecule has 0 radical (unpaired) electrons. The number of imidazole rings is 1. The first kappa shape index (κ1) is 17.5. The fourth-order valence-electron chi connectivity index (χ4n) is 2.69. The average Bonchev–Trinajstić information content (AvgIpc) is 2.74. The first-order valence-corrected chi connectivity index (χ1v) is 8.22. The number of hydrogen-bond acceptors (Lipinski definition) is 3. The molecule has 0 atom stereocenters. The molecule has 0 saturated carbocycles. The molecule has 1 aliphatic rings. The summed E-state index contributed by atoms with van der Waals surface area (Å²) in [6.07, 6.45) is 2.80. The number of rotatable bonds is 2. The molecule has 1 aromatic rings. The summed E-state index contributed by atoms with van der Waals surface area (Å²) < 4.78 is 1.90. The number of carbonyl (C=O) groups is 2. The Kier molecular flexibility index (Phi) is 4.55. The van der Waals surface area contributed by atoms with Gasteiger partial charge in [-0.25, -0.2) is 4.98 Å². The maximum atomic E-state index is 12.5. The molecule has 2 amide bonds. The number of nitrogens with zero attached hydrogens (tertiary/aromatic N) is 2. The predicted molar refractivity (Wildman–Crippen MR) is 89.6 cm³/mol. The van der Waals surface area contributed by atoms with Crippen LogP contribution in [0.2, 0.25) is 0 Å². The largest absolute Gasteiger partial charge is 0.346 e. The molecular weight excluding hydrogens is 292 g/mol. The van der Waals surface area contributed by atoms with Crippen LogP contribution in [0.5, 0.6) is 0 Å². The lowest BCUT2D eigenvalue weighted by atomic mass is 10.1. The smallest absolute Gasteiger partial charge is 0.287 e. The Bertz CT molecular complexity index is 565. The van der Waals surface area contributed by atoms with Crippen LogP contribution < -0.4 is 10.6 Å². The van der Waals surface area contributed by atoms with E-state index in [4.69, 9.17) is 0 Å². The Hall–Kier alpha value is -1.85. The Morgan fingerprint density at radius 2 is 1.52 bits per heavy atom. The maximum absolute atomic E-state index is 12.5. The highest BCUT2D eigenvalue weighted by atomic mass is 16.2. The SMILES string of the molecule is CC(C)(C)NC(=O)c1nc(C(=O)NC(C)(C)C)n2c1CCCC2. The molecule has 0 spiro atoms. The van der Waals surface area contributed by atoms with Gasteiger partial charge in [-0.15, -0.1) is 0 Å². The number of amides is 2. The summed E-state index contributed by atoms with van der Waals surface area (Å²) in [7, 11) is 0. The first-order valence-electron chi connectivity index (χ1n) is 8.22. The van der Waals surface area contributed by atoms with E-state index in [-0.39, 0.29) is 22.9 Å². The highest BCUT2D eigenvalue weighted by Gasteiger charge is 2.30. The number of aromatic nitrogens is 2. The standard InChI is InChI=1S/C17H28N4O2/c1-16(2,3)19-14(22)12-11-9-7-8-10-21(11)13(18-12)15(23)20-17(4,5)6/h7-10H2,1-6H3,(H,19,22)(H,20,23). The second kappa shape index (κ2) is 5.98. The minimum atomic E-state index is -0.341. The number of nitrogens with one attached hydrogen (secondary N) is 2. The average molecular weight is 320 g/mol. The molecule has 23 heavy (non-hydrogen) atoms. The molecule has 0 bridgehead atoms. The fraction of sp³-hybridized carbons (Fsp3) is 0.706. The van der Waals surface area contributed by atoms with Gasteiger partial charge in [-0.2, -0.15) is 0 Å². The summed E-state index contributed by atoms with van der Waals surface area (Å²) in [6.45, 7) is 12.3. The van der Waals surface area contributed by atoms with Crippen LogP contribution in [0.4, 0.5) is 0 Å². The van der Waals surface area contributed by atoms with Crippen LogP contribution >= 0.6 is 0 Å². The van der Waals surface area contributed by atoms with Gasteiger partial charge in [-0.1, -0.05) is 0 Å². The molecule has 2 rings (SSSR count). The van der Waals surface area contributed by atoms with Gasteiger partial charge in [-0.3, -0.25) is 9.59 Å². The van der Waals surface area contributed by atoms with Crippen molar-refractivity contribution in [1.29, 1.82) is 0 Å². The van der Waals surface area contributed by atoms with Crippen LogP contribution in [0.25, 0.3) is 0 Å². The normalized spacial score (nSPS) is 15.0. The number of hydrogen-bond donors (Lipinski definition) is 2. The predicted octanol–water partition coefficient (Wildman–Crippen LogP) is 2.28. The van der Waals surface area contributed by atoms with Gasteiger partial charge in [-0.05, 0) is 60.8 Å². The maximum Gasteiger partial charge on any atom is 0.287 e. The van der Waals surface area contributed by atoms with Crippen LogP contribution in [0.1, 0.15) is 81.2 Å². The van der Waals surface area contributed by atoms with Crippen molar-refractivity contribution < 1.29 is 9.59 Å². The zero-order chi connectivity index (χ0) is 17.4. The van der Waals surface area contributed by atoms with Crippen molar-refractivity contribution in [2.24, 2.45) is 0 Å². The van der Waals surface area contributed by atoms with Crippen molar-refractivity contribution >= 4 is 11.8 Å². The van der Waals surface area contributed by atoms with Gasteiger partial charge in [0.25, 0.3) is 11.8 Å². The third-order valence-electron chi connectivity index (χ3n) is 3.51. The molecule has 6 nitrogen and oxygen atoms in total. The van der Waals surface area contributed by atoms with Crippen molar-refractivity contribution in [3.63, 3.8) is 0 Å². The van der Waals surface area contributed by atoms with Crippen molar-refractivity contribution in [2.45, 2.75) is 78.4 Å². The van der Waals surface area contributed by atoms with E-state index < -0.39 is 0 Å². The van der Waals surface area contributed by atoms with Gasteiger partial charge in [0.1, 0.15) is 5.69 Å². The molecule has 0 aliphatic carbocycles. The Morgan fingerprint density at radius 3 is 2.09 bits per heavy atom. The zero-order valence-electron chi connectivity index (χ0n) is 15.0. The Labute approximate surface area is 138 Å². The minimum Gasteiger partial charge on any atom is -0.346 e. The van der Waals surface area contributed by atoms with Gasteiger partial charge in [0.2, 0.25) is 0 Å². The second-order valence-corrected chi connectivity index (χ2v) is 8.25. The first-order chi connectivity index (χ1) is 10.5. The molecule has 0 fully saturated rings. The van der Waals surface area contributed by atoms with E-state index in [1.807, 2.05) is 46.1 Å². The highest BCUT2D eigenvalue weighted by Crippen LogP contribution is 2.22. The Balaban J connectivity index is 2.38. The molecular formula is C17H28N4O2. The molecule has 128 valence electrons. The lowest BCUT2D eigenvalue weighted by Crippen LogP contribution is -2.42. The molecule has 2 N–H and O–H groups in total. The summed E-state index contributed by atoms with van der Waals surface area (Å²) in [5.41, 5.74) is 0.581. The van der Waals surface area contributed by atoms with Crippen LogP contribution in [-0.2, 0) is 13.0 Å². The van der Waals surface area contributed by atoms with E-state index in [2.05, 4.69) is 15.6 Å². The molecule has 0 saturated heterocycles. The van der Waals surface area contributed by atoms with Crippen molar-refractivity contribution in [1.82, 2.24) is 20.2 Å². The molecule has 0 aromatic carbocycles. The molecule has 1 aliphatic heterocycles. The van der Waals surface area contributed by atoms with Crippen LogP contribution in [0, 0.1) is 0 Å². The van der Waals surface area contributed by atoms with Gasteiger partial charge in [0.15, 0.2) is 5.82 Å². The van der Waals surface area contributed by atoms with E-state index in [0.717, 1.165) is 31.5 Å². The summed E-state index contributed by atoms with van der Waals surface area (Å²) in [6, 6.07) is 0. The summed E-state index contributed by atoms with van der Waals surface area (Å²) in [4.78, 5) is 29.5. The second-order valence-electron chi connectivity index (χ2n) is 8.25. The highest BCUT2D eigenvalue weighted by molar-refractivity contribution is 5.97. The van der Waals surface area contributed by atoms with Crippen LogP contribution in [0.15, 0.2) is 0 Å². The topological polar surface area (TPSA) is 76.0 Å². The molecule has 2 heterocycles. The van der Waals surface area contributed by atoms with Gasteiger partial charge < -0.3 is 15.2 Å². The molecule has 1 aromatic heterocycles. The summed E-state index contributed by atoms with van der Waals surface area (Å²) >= 11 is 0. The fourth-order valence-corrected chi connectivity index (χ4v) is 2.69. The number of carbonyl (C=O) groups excluding carboxylic acids is 2. The summed E-state index contributed by atoms with van der Waals surface area (Å²) in [5.74, 6) is -0.0953. The molecule has 6 heteroatoms. The number of fused-ring (bicyclic) bond motifs is 1. The van der Waals surface area contributed by atoms with E-state index in [0.29, 0.717) is 11.5 Å². The van der Waals surface area contributed by atoms with Crippen molar-refractivity contribution in [3.05, 3.63) is 17.2 Å². The van der Waals surface area contributed by atoms with Gasteiger partial charge in [0, 0.05) is 17.6 Å². The lowest BCUT2D eigenvalue weighted by molar-refractivity contribution is 0.0902. The quantitative estimate of drug-likeness (QED) is 0.877. The zero-order valence-corrected chi connectivity index (χ0v) is 15.0. The van der Waals surface area contributed by atoms with Crippen molar-refractivity contribution in [3.8, 4) is 0 Å². The van der Waals surface area contributed by atoms with E-state index in [9.17, 15) is 9.59 Å². The van der Waals surface area contributed by atoms with Crippen LogP contribution in [0.3, 0.4) is 0 Å². The van der Waals surface area contributed by atoms with Crippen molar-refractivity contribution in [2.75, 3.05) is 0 Å². The summed E-state index contributed by atoms with van der Waals surface area (Å²) in [5, 5.41) is 5.87. The van der Waals surface area contributed by atoms with Crippen LogP contribution in [-0.4, -0.2) is 32.4 Å². The van der Waals surface area contributed by atoms with E-state index in [1.165, 1.54) is 0 Å². The third kappa shape index (κ3) is 4.33. The van der Waals surface area contributed by atoms with E-state index >= 15 is 0 Å². The third-order valence-corrected chi connectivity index (χ3v) is 3.51. The lowest BCUT2D eigenvalue weighted by Gasteiger charge is -2.22. The minimum absolute atomic E-state index is 0.210. The molecule has 0 unspecified atom stereocenters. The van der Waals surface area contributed by atoms with Gasteiger partial charge in [0.05, 0.1) is 5.69 Å². The Morgan fingerprint density at radius 1 is 0.957 bits per heavy atom. The monoisotopic (exact) mass is 320 g/mol. The van der Waals surface area contributed by atoms with Gasteiger partial charge >= 0.3 is 0 Å². The van der Waals surface area contributed by atoms with E-state index in [1.54, 1.807) is 0 Å².